The van der Waals surface area contributed by atoms with Crippen molar-refractivity contribution in [3.05, 3.63) is 0 Å². The van der Waals surface area contributed by atoms with Gasteiger partial charge in [0, 0.05) is 0 Å². The molecule has 0 saturated heterocycles. The van der Waals surface area contributed by atoms with Crippen molar-refractivity contribution in [1.29, 1.82) is 0 Å². The minimum Gasteiger partial charge on any atom is -0.308 e. The van der Waals surface area contributed by atoms with Gasteiger partial charge in [-0.15, -0.1) is 0 Å². The van der Waals surface area contributed by atoms with E-state index in [9.17, 15) is 4.57 Å². The summed E-state index contributed by atoms with van der Waals surface area (Å²) >= 11 is 0. The van der Waals surface area contributed by atoms with Crippen LogP contribution in [0.15, 0.2) is 0 Å². The third-order valence-corrected chi connectivity index (χ3v) is 7.38. The Hall–Kier alpha value is 0.540. The van der Waals surface area contributed by atoms with E-state index >= 15 is 0 Å². The van der Waals surface area contributed by atoms with Crippen LogP contribution in [0.2, 0.25) is 0 Å². The van der Waals surface area contributed by atoms with Gasteiger partial charge >= 0.3 is 7.60 Å². The molecule has 6 heteroatoms. The summed E-state index contributed by atoms with van der Waals surface area (Å²) in [5.74, 6) is 0. The van der Waals surface area contributed by atoms with Gasteiger partial charge in [-0.05, 0) is 40.8 Å². The van der Waals surface area contributed by atoms with Gasteiger partial charge in [-0.3, -0.25) is 9.24 Å². The Balaban J connectivity index is 4.63. The third-order valence-electron chi connectivity index (χ3n) is 2.48. The van der Waals surface area contributed by atoms with E-state index in [1.165, 1.54) is 0 Å². The largest absolute Gasteiger partial charge is 0.344 e. The Morgan fingerprint density at radius 2 is 1.47 bits per heavy atom. The second-order valence-corrected chi connectivity index (χ2v) is 8.41. The third kappa shape index (κ3) is 6.31. The van der Waals surface area contributed by atoms with Crippen LogP contribution in [-0.2, 0) is 13.6 Å². The predicted molar refractivity (Wildman–Crippen MR) is 76.1 cm³/mol. The Morgan fingerprint density at radius 1 is 1.00 bits per heavy atom. The highest BCUT2D eigenvalue weighted by Gasteiger charge is 2.28. The molecule has 0 saturated carbocycles. The minimum atomic E-state index is -2.93. The summed E-state index contributed by atoms with van der Waals surface area (Å²) in [6, 6.07) is 0. The molecule has 0 aromatic rings. The van der Waals surface area contributed by atoms with E-state index in [-0.39, 0.29) is 8.07 Å². The van der Waals surface area contributed by atoms with Gasteiger partial charge < -0.3 is 9.05 Å². The summed E-state index contributed by atoms with van der Waals surface area (Å²) in [6.45, 7) is 11.9. The minimum absolute atomic E-state index is 0.204. The van der Waals surface area contributed by atoms with Crippen molar-refractivity contribution in [2.45, 2.75) is 34.6 Å². The average Bonchev–Trinajstić information content (AvgIpc) is 2.29. The van der Waals surface area contributed by atoms with Gasteiger partial charge in [-0.2, -0.15) is 0 Å². The fourth-order valence-corrected chi connectivity index (χ4v) is 6.18. The first-order valence-corrected chi connectivity index (χ1v) is 9.83. The van der Waals surface area contributed by atoms with Crippen molar-refractivity contribution < 1.29 is 13.6 Å². The smallest absolute Gasteiger partial charge is 0.308 e. The lowest BCUT2D eigenvalue weighted by Gasteiger charge is -2.31. The highest BCUT2D eigenvalue weighted by atomic mass is 31.2. The number of hydrogen-bond donors (Lipinski definition) is 0. The zero-order chi connectivity index (χ0) is 13.3. The van der Waals surface area contributed by atoms with E-state index in [1.54, 1.807) is 0 Å². The molecule has 0 aliphatic rings. The molecule has 0 atom stereocenters. The molecule has 0 aromatic heterocycles. The Labute approximate surface area is 107 Å². The van der Waals surface area contributed by atoms with E-state index in [4.69, 9.17) is 9.05 Å². The zero-order valence-electron chi connectivity index (χ0n) is 11.8. The maximum atomic E-state index is 12.4. The molecule has 0 bridgehead atoms. The van der Waals surface area contributed by atoms with Gasteiger partial charge in [0.25, 0.3) is 0 Å². The molecule has 0 aliphatic heterocycles. The molecule has 0 rings (SSSR count). The van der Waals surface area contributed by atoms with Crippen LogP contribution in [0, 0.1) is 0 Å². The van der Waals surface area contributed by atoms with E-state index < -0.39 is 7.60 Å². The molecule has 0 fully saturated rings. The van der Waals surface area contributed by atoms with Crippen molar-refractivity contribution in [1.82, 2.24) is 4.67 Å². The Bertz CT molecular complexity index is 225. The lowest BCUT2D eigenvalue weighted by atomic mass is 10.8. The molecule has 0 spiro atoms. The number of nitrogens with zero attached hydrogens (tertiary/aromatic N) is 1. The van der Waals surface area contributed by atoms with E-state index in [0.29, 0.717) is 19.5 Å². The van der Waals surface area contributed by atoms with Crippen molar-refractivity contribution in [2.75, 3.05) is 38.4 Å². The normalized spacial score (nSPS) is 12.6. The first-order chi connectivity index (χ1) is 8.06. The summed E-state index contributed by atoms with van der Waals surface area (Å²) in [7, 11) is -3.13. The predicted octanol–water partition coefficient (Wildman–Crippen LogP) is 3.97. The quantitative estimate of drug-likeness (QED) is 0.569. The summed E-state index contributed by atoms with van der Waals surface area (Å²) in [4.78, 5) is 0. The van der Waals surface area contributed by atoms with Crippen molar-refractivity contribution in [2.24, 2.45) is 0 Å². The van der Waals surface area contributed by atoms with Crippen LogP contribution < -0.4 is 0 Å². The molecule has 17 heavy (non-hydrogen) atoms. The van der Waals surface area contributed by atoms with Crippen LogP contribution in [0.1, 0.15) is 34.6 Å². The summed E-state index contributed by atoms with van der Waals surface area (Å²) in [6.07, 6.45) is 2.68. The van der Waals surface area contributed by atoms with E-state index in [2.05, 4.69) is 25.4 Å². The van der Waals surface area contributed by atoms with Crippen LogP contribution in [0.3, 0.4) is 0 Å². The highest BCUT2D eigenvalue weighted by Crippen LogP contribution is 2.53. The topological polar surface area (TPSA) is 38.8 Å². The van der Waals surface area contributed by atoms with Gasteiger partial charge in [-0.1, -0.05) is 20.8 Å². The lowest BCUT2D eigenvalue weighted by molar-refractivity contribution is 0.212. The molecule has 0 amide bonds. The van der Waals surface area contributed by atoms with Gasteiger partial charge in [0.05, 0.1) is 13.2 Å². The van der Waals surface area contributed by atoms with Crippen molar-refractivity contribution >= 4 is 15.7 Å². The molecular weight excluding hydrogens is 256 g/mol. The second-order valence-electron chi connectivity index (χ2n) is 3.55. The number of rotatable bonds is 10. The van der Waals surface area contributed by atoms with Crippen molar-refractivity contribution in [3.63, 3.8) is 0 Å². The van der Waals surface area contributed by atoms with Crippen LogP contribution in [0.5, 0.6) is 0 Å². The van der Waals surface area contributed by atoms with Crippen LogP contribution in [0.25, 0.3) is 0 Å². The summed E-state index contributed by atoms with van der Waals surface area (Å²) < 4.78 is 25.4. The fraction of sp³-hybridized carbons (Fsp3) is 1.00. The zero-order valence-corrected chi connectivity index (χ0v) is 13.6. The van der Waals surface area contributed by atoms with E-state index in [1.807, 2.05) is 13.8 Å². The van der Waals surface area contributed by atoms with E-state index in [0.717, 1.165) is 18.9 Å². The molecule has 0 radical (unpaired) electrons. The number of hydrogen-bond acceptors (Lipinski definition) is 4. The molecule has 0 N–H and O–H groups in total. The molecule has 4 nitrogen and oxygen atoms in total. The molecule has 0 aliphatic carbocycles. The van der Waals surface area contributed by atoms with Gasteiger partial charge in [0.1, 0.15) is 6.29 Å². The Morgan fingerprint density at radius 3 is 1.76 bits per heavy atom. The molecule has 0 aromatic carbocycles. The molecule has 104 valence electrons. The van der Waals surface area contributed by atoms with Crippen LogP contribution in [0.4, 0.5) is 0 Å². The van der Waals surface area contributed by atoms with Gasteiger partial charge in [0.2, 0.25) is 0 Å². The van der Waals surface area contributed by atoms with Crippen LogP contribution in [-0.4, -0.2) is 43.0 Å². The second kappa shape index (κ2) is 9.47. The lowest BCUT2D eigenvalue weighted by Crippen LogP contribution is -2.22. The first kappa shape index (κ1) is 17.5. The van der Waals surface area contributed by atoms with Gasteiger partial charge in [-0.25, -0.2) is 0 Å². The fourth-order valence-electron chi connectivity index (χ4n) is 1.73. The SMILES string of the molecule is CCOP(=O)(CN(CC)P(CC)CC)OCC. The molecule has 0 unspecified atom stereocenters. The Kier molecular flexibility index (Phi) is 9.77. The summed E-state index contributed by atoms with van der Waals surface area (Å²) in [5.41, 5.74) is 0. The maximum Gasteiger partial charge on any atom is 0.344 e. The van der Waals surface area contributed by atoms with Gasteiger partial charge in [0.15, 0.2) is 0 Å². The first-order valence-electron chi connectivity index (χ1n) is 6.44. The van der Waals surface area contributed by atoms with Crippen molar-refractivity contribution in [3.8, 4) is 0 Å². The molecular formula is C11H27NO3P2. The maximum absolute atomic E-state index is 12.4. The summed E-state index contributed by atoms with van der Waals surface area (Å²) in [5, 5.41) is 0. The highest BCUT2D eigenvalue weighted by molar-refractivity contribution is 7.58. The monoisotopic (exact) mass is 283 g/mol. The molecule has 0 heterocycles. The standard InChI is InChI=1S/C11H27NO3P2/c1-6-12(16(9-4)10-5)11-17(13,14-7-2)15-8-3/h6-11H2,1-5H3. The van der Waals surface area contributed by atoms with Crippen LogP contribution >= 0.6 is 15.7 Å². The average molecular weight is 283 g/mol.